The molecular formula is C26H30Cl2N4O5. The standard InChI is InChI=1S/C26H30Cl2N4O5/c1-2-35-26(34)30-22(5-3-4-13-29)24(33)25-31-23(37-32-25)16-17-6-9-19(10-7-17)36-14-12-18-8-11-20(27)21(28)15-18/h6-11,15,22H,2-5,12-14,16,29H2,1H3,(H,30,34)/t22-/m0/s1. The maximum atomic E-state index is 12.9. The van der Waals surface area contributed by atoms with E-state index in [-0.39, 0.29) is 18.3 Å². The highest BCUT2D eigenvalue weighted by atomic mass is 35.5. The molecular weight excluding hydrogens is 519 g/mol. The molecule has 3 N–H and O–H groups in total. The van der Waals surface area contributed by atoms with Crippen LogP contribution in [0.1, 0.15) is 53.8 Å². The summed E-state index contributed by atoms with van der Waals surface area (Å²) in [6.45, 7) is 2.86. The van der Waals surface area contributed by atoms with Gasteiger partial charge in [0.2, 0.25) is 17.5 Å². The zero-order chi connectivity index (χ0) is 26.6. The fraction of sp³-hybridized carbons (Fsp3) is 0.385. The average molecular weight is 549 g/mol. The second kappa shape index (κ2) is 14.6. The third-order valence-corrected chi connectivity index (χ3v) is 6.18. The van der Waals surface area contributed by atoms with Gasteiger partial charge in [-0.05, 0) is 68.1 Å². The van der Waals surface area contributed by atoms with Gasteiger partial charge >= 0.3 is 6.09 Å². The molecule has 3 rings (SSSR count). The Hall–Kier alpha value is -3.14. The Morgan fingerprint density at radius 1 is 1.08 bits per heavy atom. The Morgan fingerprint density at radius 3 is 2.54 bits per heavy atom. The molecule has 1 amide bonds. The third-order valence-electron chi connectivity index (χ3n) is 5.44. The number of nitrogens with zero attached hydrogens (tertiary/aromatic N) is 2. The van der Waals surface area contributed by atoms with Gasteiger partial charge in [-0.2, -0.15) is 4.98 Å². The molecule has 0 aliphatic rings. The Balaban J connectivity index is 1.54. The zero-order valence-corrected chi connectivity index (χ0v) is 22.1. The fourth-order valence-electron chi connectivity index (χ4n) is 3.52. The second-order valence-electron chi connectivity index (χ2n) is 8.25. The minimum absolute atomic E-state index is 0.0909. The van der Waals surface area contributed by atoms with E-state index in [0.717, 1.165) is 23.3 Å². The van der Waals surface area contributed by atoms with E-state index in [1.807, 2.05) is 36.4 Å². The van der Waals surface area contributed by atoms with Crippen LogP contribution in [0.4, 0.5) is 4.79 Å². The molecule has 1 heterocycles. The minimum atomic E-state index is -0.823. The first kappa shape index (κ1) is 28.4. The molecule has 3 aromatic rings. The number of unbranched alkanes of at least 4 members (excludes halogenated alkanes) is 1. The first-order chi connectivity index (χ1) is 17.9. The van der Waals surface area contributed by atoms with Crippen LogP contribution in [0.2, 0.25) is 10.0 Å². The quantitative estimate of drug-likeness (QED) is 0.212. The molecule has 1 aromatic heterocycles. The molecule has 0 saturated carbocycles. The summed E-state index contributed by atoms with van der Waals surface area (Å²) in [6, 6.07) is 12.2. The van der Waals surface area contributed by atoms with Crippen molar-refractivity contribution in [3.05, 3.63) is 75.4 Å². The van der Waals surface area contributed by atoms with E-state index in [2.05, 4.69) is 15.5 Å². The van der Waals surface area contributed by atoms with Gasteiger partial charge in [-0.25, -0.2) is 4.79 Å². The van der Waals surface area contributed by atoms with Crippen molar-refractivity contribution >= 4 is 35.1 Å². The molecule has 0 saturated heterocycles. The number of amides is 1. The van der Waals surface area contributed by atoms with Crippen molar-refractivity contribution in [3.8, 4) is 5.75 Å². The van der Waals surface area contributed by atoms with Crippen molar-refractivity contribution in [1.82, 2.24) is 15.5 Å². The monoisotopic (exact) mass is 548 g/mol. The molecule has 0 aliphatic heterocycles. The number of hydrogen-bond acceptors (Lipinski definition) is 8. The van der Waals surface area contributed by atoms with Crippen LogP contribution in [0.3, 0.4) is 0 Å². The van der Waals surface area contributed by atoms with E-state index >= 15 is 0 Å². The zero-order valence-electron chi connectivity index (χ0n) is 20.5. The van der Waals surface area contributed by atoms with Crippen LogP contribution in [0, 0.1) is 0 Å². The van der Waals surface area contributed by atoms with Crippen molar-refractivity contribution in [2.45, 2.75) is 45.1 Å². The molecule has 37 heavy (non-hydrogen) atoms. The summed E-state index contributed by atoms with van der Waals surface area (Å²) in [6.07, 6.45) is 2.14. The van der Waals surface area contributed by atoms with E-state index < -0.39 is 17.9 Å². The summed E-state index contributed by atoms with van der Waals surface area (Å²) in [7, 11) is 0. The van der Waals surface area contributed by atoms with E-state index in [1.165, 1.54) is 0 Å². The van der Waals surface area contributed by atoms with E-state index in [9.17, 15) is 9.59 Å². The Morgan fingerprint density at radius 2 is 1.84 bits per heavy atom. The van der Waals surface area contributed by atoms with Gasteiger partial charge in [0.25, 0.3) is 0 Å². The van der Waals surface area contributed by atoms with Crippen LogP contribution in [0.15, 0.2) is 47.0 Å². The maximum Gasteiger partial charge on any atom is 0.407 e. The van der Waals surface area contributed by atoms with Gasteiger partial charge in [0, 0.05) is 6.42 Å². The van der Waals surface area contributed by atoms with Crippen LogP contribution in [-0.4, -0.2) is 47.8 Å². The highest BCUT2D eigenvalue weighted by Gasteiger charge is 2.26. The van der Waals surface area contributed by atoms with Gasteiger partial charge in [0.1, 0.15) is 5.75 Å². The maximum absolute atomic E-state index is 12.9. The first-order valence-corrected chi connectivity index (χ1v) is 12.8. The Kier molecular flexibility index (Phi) is 11.2. The predicted octanol–water partition coefficient (Wildman–Crippen LogP) is 5.02. The van der Waals surface area contributed by atoms with Crippen molar-refractivity contribution in [3.63, 3.8) is 0 Å². The number of benzene rings is 2. The van der Waals surface area contributed by atoms with Crippen molar-refractivity contribution in [1.29, 1.82) is 0 Å². The summed E-state index contributed by atoms with van der Waals surface area (Å²) in [5.74, 6) is 0.474. The van der Waals surface area contributed by atoms with E-state index in [0.29, 0.717) is 48.9 Å². The molecule has 1 atom stereocenters. The number of nitrogens with two attached hydrogens (primary N) is 1. The van der Waals surface area contributed by atoms with Gasteiger partial charge in [0.05, 0.1) is 35.7 Å². The third kappa shape index (κ3) is 9.03. The lowest BCUT2D eigenvalue weighted by molar-refractivity contribution is 0.0903. The molecule has 0 radical (unpaired) electrons. The van der Waals surface area contributed by atoms with Gasteiger partial charge in [-0.3, -0.25) is 4.79 Å². The summed E-state index contributed by atoms with van der Waals surface area (Å²) in [5.41, 5.74) is 7.48. The van der Waals surface area contributed by atoms with Crippen LogP contribution in [-0.2, 0) is 17.6 Å². The smallest absolute Gasteiger partial charge is 0.407 e. The molecule has 0 fully saturated rings. The number of ether oxygens (including phenoxy) is 2. The fourth-order valence-corrected chi connectivity index (χ4v) is 3.84. The number of alkyl carbamates (subject to hydrolysis) is 1. The molecule has 0 aliphatic carbocycles. The number of halogens is 2. The van der Waals surface area contributed by atoms with Gasteiger partial charge in [-0.1, -0.05) is 46.6 Å². The van der Waals surface area contributed by atoms with Crippen LogP contribution >= 0.6 is 23.2 Å². The molecule has 0 bridgehead atoms. The number of hydrogen-bond donors (Lipinski definition) is 2. The number of carbonyl (C=O) groups excluding carboxylic acids is 2. The van der Waals surface area contributed by atoms with E-state index in [1.54, 1.807) is 13.0 Å². The summed E-state index contributed by atoms with van der Waals surface area (Å²) in [4.78, 5) is 29.0. The lowest BCUT2D eigenvalue weighted by atomic mass is 10.0. The highest BCUT2D eigenvalue weighted by Crippen LogP contribution is 2.23. The number of carbonyl (C=O) groups is 2. The number of nitrogens with one attached hydrogen (secondary N) is 1. The van der Waals surface area contributed by atoms with Crippen LogP contribution < -0.4 is 15.8 Å². The molecule has 9 nitrogen and oxygen atoms in total. The molecule has 2 aromatic carbocycles. The minimum Gasteiger partial charge on any atom is -0.493 e. The number of Topliss-reactive ketones (excluding diaryl/α,β-unsaturated/α-hetero) is 1. The lowest BCUT2D eigenvalue weighted by Gasteiger charge is -2.15. The van der Waals surface area contributed by atoms with Crippen LogP contribution in [0.25, 0.3) is 0 Å². The molecule has 0 unspecified atom stereocenters. The SMILES string of the molecule is CCOC(=O)N[C@@H](CCCCN)C(=O)c1noc(Cc2ccc(OCCc3ccc(Cl)c(Cl)c3)cc2)n1. The summed E-state index contributed by atoms with van der Waals surface area (Å²) >= 11 is 12.0. The Bertz CT molecular complexity index is 1170. The number of aromatic nitrogens is 2. The van der Waals surface area contributed by atoms with Gasteiger partial charge in [-0.15, -0.1) is 0 Å². The number of ketones is 1. The van der Waals surface area contributed by atoms with Gasteiger partial charge in [0.15, 0.2) is 0 Å². The first-order valence-electron chi connectivity index (χ1n) is 12.1. The lowest BCUT2D eigenvalue weighted by Crippen LogP contribution is -2.41. The Labute approximate surface area is 225 Å². The van der Waals surface area contributed by atoms with Gasteiger partial charge < -0.3 is 25.0 Å². The topological polar surface area (TPSA) is 130 Å². The van der Waals surface area contributed by atoms with Crippen LogP contribution in [0.5, 0.6) is 5.75 Å². The van der Waals surface area contributed by atoms with E-state index in [4.69, 9.17) is 42.9 Å². The normalized spacial score (nSPS) is 11.7. The number of rotatable bonds is 14. The highest BCUT2D eigenvalue weighted by molar-refractivity contribution is 6.42. The predicted molar refractivity (Wildman–Crippen MR) is 140 cm³/mol. The summed E-state index contributed by atoms with van der Waals surface area (Å²) < 4.78 is 16.0. The van der Waals surface area contributed by atoms with Crippen molar-refractivity contribution in [2.75, 3.05) is 19.8 Å². The van der Waals surface area contributed by atoms with Crippen molar-refractivity contribution < 1.29 is 23.6 Å². The second-order valence-corrected chi connectivity index (χ2v) is 9.06. The average Bonchev–Trinajstić information content (AvgIpc) is 3.35. The summed E-state index contributed by atoms with van der Waals surface area (Å²) in [5, 5.41) is 7.43. The molecule has 11 heteroatoms. The largest absolute Gasteiger partial charge is 0.493 e. The molecule has 0 spiro atoms. The molecule has 198 valence electrons. The van der Waals surface area contributed by atoms with Crippen molar-refractivity contribution in [2.24, 2.45) is 5.73 Å².